The molecule has 0 atom stereocenters. The zero-order valence-corrected chi connectivity index (χ0v) is 6.32. The van der Waals surface area contributed by atoms with Crippen LogP contribution in [-0.2, 0) is 4.74 Å². The molecule has 0 aliphatic rings. The summed E-state index contributed by atoms with van der Waals surface area (Å²) in [6.45, 7) is 7.45. The highest BCUT2D eigenvalue weighted by Gasteiger charge is 2.09. The summed E-state index contributed by atoms with van der Waals surface area (Å²) in [4.78, 5) is 0. The Morgan fingerprint density at radius 1 is 1.56 bits per heavy atom. The number of rotatable bonds is 1. The minimum atomic E-state index is -0.308. The van der Waals surface area contributed by atoms with Crippen molar-refractivity contribution in [2.45, 2.75) is 25.9 Å². The average molecular weight is 125 g/mol. The zero-order valence-electron chi connectivity index (χ0n) is 6.32. The van der Waals surface area contributed by atoms with E-state index in [0.717, 1.165) is 0 Å². The van der Waals surface area contributed by atoms with Gasteiger partial charge in [0.25, 0.3) is 0 Å². The molecule has 0 bridgehead atoms. The van der Waals surface area contributed by atoms with Crippen molar-refractivity contribution < 1.29 is 4.74 Å². The van der Waals surface area contributed by atoms with Crippen molar-refractivity contribution in [3.8, 4) is 11.8 Å². The van der Waals surface area contributed by atoms with E-state index >= 15 is 0 Å². The van der Waals surface area contributed by atoms with Gasteiger partial charge in [0.15, 0.2) is 0 Å². The molecule has 0 amide bonds. The van der Waals surface area contributed by atoms with Crippen LogP contribution in [0, 0.1) is 18.8 Å². The van der Waals surface area contributed by atoms with Crippen molar-refractivity contribution in [2.75, 3.05) is 7.11 Å². The maximum atomic E-state index is 5.04. The Balaban J connectivity index is 3.84. The highest BCUT2D eigenvalue weighted by atomic mass is 16.5. The molecule has 51 valence electrons. The van der Waals surface area contributed by atoms with Gasteiger partial charge in [0.05, 0.1) is 0 Å². The molecule has 1 heteroatoms. The first-order valence-corrected chi connectivity index (χ1v) is 2.97. The topological polar surface area (TPSA) is 9.23 Å². The van der Waals surface area contributed by atoms with Gasteiger partial charge < -0.3 is 4.74 Å². The van der Waals surface area contributed by atoms with Crippen molar-refractivity contribution in [3.63, 3.8) is 0 Å². The lowest BCUT2D eigenvalue weighted by Gasteiger charge is -2.13. The van der Waals surface area contributed by atoms with E-state index in [1.165, 1.54) is 0 Å². The van der Waals surface area contributed by atoms with E-state index in [0.29, 0.717) is 6.42 Å². The first-order valence-electron chi connectivity index (χ1n) is 2.97. The molecule has 0 fully saturated rings. The Hall–Kier alpha value is -0.480. The van der Waals surface area contributed by atoms with Crippen LogP contribution >= 0.6 is 0 Å². The maximum Gasteiger partial charge on any atom is 0.122 e. The molecule has 0 rings (SSSR count). The Morgan fingerprint density at radius 2 is 2.11 bits per heavy atom. The molecule has 0 saturated carbocycles. The quantitative estimate of drug-likeness (QED) is 0.484. The van der Waals surface area contributed by atoms with Crippen molar-refractivity contribution in [1.29, 1.82) is 0 Å². The molecular weight excluding hydrogens is 112 g/mol. The van der Waals surface area contributed by atoms with Gasteiger partial charge in [-0.15, -0.1) is 5.92 Å². The second-order valence-corrected chi connectivity index (χ2v) is 2.27. The molecule has 0 aromatic carbocycles. The smallest absolute Gasteiger partial charge is 0.122 e. The van der Waals surface area contributed by atoms with Crippen molar-refractivity contribution in [1.82, 2.24) is 0 Å². The molecule has 0 N–H and O–H groups in total. The molecule has 0 unspecified atom stereocenters. The Labute approximate surface area is 57.4 Å². The fourth-order valence-corrected chi connectivity index (χ4v) is 0.326. The predicted molar refractivity (Wildman–Crippen MR) is 38.8 cm³/mol. The molecule has 1 radical (unpaired) electrons. The summed E-state index contributed by atoms with van der Waals surface area (Å²) >= 11 is 0. The second-order valence-electron chi connectivity index (χ2n) is 2.27. The first-order chi connectivity index (χ1) is 4.12. The number of hydrogen-bond donors (Lipinski definition) is 0. The van der Waals surface area contributed by atoms with Crippen LogP contribution in [0.1, 0.15) is 20.3 Å². The molecule has 1 nitrogen and oxygen atoms in total. The van der Waals surface area contributed by atoms with Crippen LogP contribution in [0.25, 0.3) is 0 Å². The molecule has 0 aliphatic carbocycles. The Morgan fingerprint density at radius 3 is 2.44 bits per heavy atom. The van der Waals surface area contributed by atoms with Crippen molar-refractivity contribution >= 4 is 0 Å². The standard InChI is InChI=1S/C8H13O/c1-5-6-7-8(2,3)9-4/h1,5H2,2-4H3. The third-order valence-corrected chi connectivity index (χ3v) is 1.02. The van der Waals surface area contributed by atoms with E-state index in [2.05, 4.69) is 18.8 Å². The van der Waals surface area contributed by atoms with Gasteiger partial charge in [-0.3, -0.25) is 0 Å². The van der Waals surface area contributed by atoms with E-state index in [-0.39, 0.29) is 5.60 Å². The normalized spacial score (nSPS) is 10.2. The van der Waals surface area contributed by atoms with Crippen molar-refractivity contribution in [3.05, 3.63) is 6.92 Å². The van der Waals surface area contributed by atoms with Crippen LogP contribution in [0.5, 0.6) is 0 Å². The Kier molecular flexibility index (Phi) is 3.34. The molecule has 0 saturated heterocycles. The van der Waals surface area contributed by atoms with Gasteiger partial charge in [0.2, 0.25) is 0 Å². The van der Waals surface area contributed by atoms with E-state index in [1.807, 2.05) is 13.8 Å². The molecule has 0 aliphatic heterocycles. The van der Waals surface area contributed by atoms with Gasteiger partial charge in [0.1, 0.15) is 5.60 Å². The van der Waals surface area contributed by atoms with Gasteiger partial charge in [-0.05, 0) is 20.8 Å². The second kappa shape index (κ2) is 3.53. The molecule has 0 aromatic heterocycles. The largest absolute Gasteiger partial charge is 0.366 e. The summed E-state index contributed by atoms with van der Waals surface area (Å²) < 4.78 is 5.04. The summed E-state index contributed by atoms with van der Waals surface area (Å²) in [7, 11) is 1.65. The number of hydrogen-bond acceptors (Lipinski definition) is 1. The SMILES string of the molecule is [CH2]CC#CC(C)(C)OC. The van der Waals surface area contributed by atoms with Gasteiger partial charge in [0, 0.05) is 13.5 Å². The maximum absolute atomic E-state index is 5.04. The summed E-state index contributed by atoms with van der Waals surface area (Å²) in [5.41, 5.74) is -0.308. The lowest BCUT2D eigenvalue weighted by Crippen LogP contribution is -2.19. The minimum Gasteiger partial charge on any atom is -0.366 e. The zero-order chi connectivity index (χ0) is 7.33. The van der Waals surface area contributed by atoms with Crippen LogP contribution in [0.15, 0.2) is 0 Å². The molecular formula is C8H13O. The molecule has 0 aromatic rings. The molecule has 0 heterocycles. The van der Waals surface area contributed by atoms with Gasteiger partial charge in [-0.2, -0.15) is 0 Å². The third-order valence-electron chi connectivity index (χ3n) is 1.02. The minimum absolute atomic E-state index is 0.308. The number of methoxy groups -OCH3 is 1. The highest BCUT2D eigenvalue weighted by molar-refractivity contribution is 5.10. The van der Waals surface area contributed by atoms with Crippen LogP contribution in [-0.4, -0.2) is 12.7 Å². The van der Waals surface area contributed by atoms with E-state index in [4.69, 9.17) is 4.74 Å². The fraction of sp³-hybridized carbons (Fsp3) is 0.625. The van der Waals surface area contributed by atoms with Crippen LogP contribution in [0.4, 0.5) is 0 Å². The van der Waals surface area contributed by atoms with E-state index < -0.39 is 0 Å². The summed E-state index contributed by atoms with van der Waals surface area (Å²) in [6.07, 6.45) is 0.646. The van der Waals surface area contributed by atoms with Crippen LogP contribution in [0.3, 0.4) is 0 Å². The lowest BCUT2D eigenvalue weighted by atomic mass is 10.1. The van der Waals surface area contributed by atoms with Gasteiger partial charge in [-0.1, -0.05) is 5.92 Å². The number of ether oxygens (including phenoxy) is 1. The van der Waals surface area contributed by atoms with Gasteiger partial charge in [-0.25, -0.2) is 0 Å². The first kappa shape index (κ1) is 8.52. The summed E-state index contributed by atoms with van der Waals surface area (Å²) in [5, 5.41) is 0. The van der Waals surface area contributed by atoms with E-state index in [9.17, 15) is 0 Å². The van der Waals surface area contributed by atoms with Crippen molar-refractivity contribution in [2.24, 2.45) is 0 Å². The molecule has 0 spiro atoms. The Bertz CT molecular complexity index is 125. The summed E-state index contributed by atoms with van der Waals surface area (Å²) in [6, 6.07) is 0. The van der Waals surface area contributed by atoms with Gasteiger partial charge >= 0.3 is 0 Å². The fourth-order valence-electron chi connectivity index (χ4n) is 0.326. The highest BCUT2D eigenvalue weighted by Crippen LogP contribution is 2.03. The monoisotopic (exact) mass is 125 g/mol. The predicted octanol–water partition coefficient (Wildman–Crippen LogP) is 1.64. The van der Waals surface area contributed by atoms with Crippen LogP contribution in [0.2, 0.25) is 0 Å². The third kappa shape index (κ3) is 4.05. The lowest BCUT2D eigenvalue weighted by molar-refractivity contribution is 0.0741. The summed E-state index contributed by atoms with van der Waals surface area (Å²) in [5.74, 6) is 5.78. The molecule has 9 heavy (non-hydrogen) atoms. The average Bonchev–Trinajstić information content (AvgIpc) is 1.84. The van der Waals surface area contributed by atoms with E-state index in [1.54, 1.807) is 7.11 Å². The van der Waals surface area contributed by atoms with Crippen LogP contribution < -0.4 is 0 Å².